The van der Waals surface area contributed by atoms with Gasteiger partial charge in [0.15, 0.2) is 5.82 Å². The Morgan fingerprint density at radius 1 is 1.17 bits per heavy atom. The third kappa shape index (κ3) is 2.73. The van der Waals surface area contributed by atoms with Gasteiger partial charge in [-0.05, 0) is 12.1 Å². The number of hydrogen-bond donors (Lipinski definition) is 3. The van der Waals surface area contributed by atoms with Crippen LogP contribution in [0.25, 0.3) is 0 Å². The number of carbonyl (C=O) groups excluding carboxylic acids is 2. The third-order valence-corrected chi connectivity index (χ3v) is 2.22. The minimum absolute atomic E-state index is 0.227. The van der Waals surface area contributed by atoms with Gasteiger partial charge in [-0.15, -0.1) is 0 Å². The molecule has 0 unspecified atom stereocenters. The van der Waals surface area contributed by atoms with Crippen LogP contribution in [0.2, 0.25) is 0 Å². The van der Waals surface area contributed by atoms with E-state index in [9.17, 15) is 9.59 Å². The van der Waals surface area contributed by atoms with Crippen molar-refractivity contribution in [3.05, 3.63) is 42.1 Å². The lowest BCUT2D eigenvalue weighted by Crippen LogP contribution is -2.16. The van der Waals surface area contributed by atoms with Gasteiger partial charge in [0.1, 0.15) is 0 Å². The highest BCUT2D eigenvalue weighted by molar-refractivity contribution is 6.09. The van der Waals surface area contributed by atoms with Gasteiger partial charge in [0.2, 0.25) is 5.91 Å². The van der Waals surface area contributed by atoms with Crippen LogP contribution >= 0.6 is 0 Å². The van der Waals surface area contributed by atoms with E-state index in [4.69, 9.17) is 0 Å². The molecule has 18 heavy (non-hydrogen) atoms. The summed E-state index contributed by atoms with van der Waals surface area (Å²) in [5, 5.41) is 11.7. The van der Waals surface area contributed by atoms with Crippen molar-refractivity contribution in [2.45, 2.75) is 6.92 Å². The van der Waals surface area contributed by atoms with Crippen molar-refractivity contribution in [2.24, 2.45) is 0 Å². The molecule has 0 aliphatic heterocycles. The van der Waals surface area contributed by atoms with Gasteiger partial charge >= 0.3 is 0 Å². The topological polar surface area (TPSA) is 86.9 Å². The maximum atomic E-state index is 12.0. The van der Waals surface area contributed by atoms with Crippen LogP contribution in [0.5, 0.6) is 0 Å². The molecule has 3 N–H and O–H groups in total. The Balaban J connectivity index is 2.21. The Hall–Kier alpha value is -2.63. The number of carbonyl (C=O) groups is 2. The molecule has 92 valence electrons. The Bertz CT molecular complexity index is 563. The van der Waals surface area contributed by atoms with Crippen LogP contribution in [0, 0.1) is 0 Å². The Morgan fingerprint density at radius 2 is 1.94 bits per heavy atom. The molecule has 0 spiro atoms. The van der Waals surface area contributed by atoms with E-state index in [1.54, 1.807) is 36.5 Å². The normalized spacial score (nSPS) is 9.83. The standard InChI is InChI=1S/C12H12N4O2/c1-8(17)14-10-5-3-2-4-9(10)12(18)15-11-6-7-13-16-11/h2-7H,1H3,(H,14,17)(H2,13,15,16,18). The predicted molar refractivity (Wildman–Crippen MR) is 67.3 cm³/mol. The summed E-state index contributed by atoms with van der Waals surface area (Å²) in [5.74, 6) is -0.126. The molecule has 0 atom stereocenters. The van der Waals surface area contributed by atoms with Crippen molar-refractivity contribution in [1.29, 1.82) is 0 Å². The monoisotopic (exact) mass is 244 g/mol. The molecule has 2 aromatic rings. The maximum Gasteiger partial charge on any atom is 0.258 e. The molecular weight excluding hydrogens is 232 g/mol. The number of anilines is 2. The number of rotatable bonds is 3. The number of para-hydroxylation sites is 1. The Kier molecular flexibility index (Phi) is 3.38. The van der Waals surface area contributed by atoms with E-state index in [0.29, 0.717) is 17.1 Å². The minimum atomic E-state index is -0.327. The van der Waals surface area contributed by atoms with E-state index in [1.807, 2.05) is 0 Å². The fraction of sp³-hybridized carbons (Fsp3) is 0.0833. The van der Waals surface area contributed by atoms with Gasteiger partial charge in [0.25, 0.3) is 5.91 Å². The van der Waals surface area contributed by atoms with E-state index in [1.165, 1.54) is 6.92 Å². The van der Waals surface area contributed by atoms with E-state index in [-0.39, 0.29) is 11.8 Å². The third-order valence-electron chi connectivity index (χ3n) is 2.22. The lowest BCUT2D eigenvalue weighted by atomic mass is 10.1. The van der Waals surface area contributed by atoms with Crippen molar-refractivity contribution in [3.63, 3.8) is 0 Å². The van der Waals surface area contributed by atoms with Gasteiger partial charge in [-0.1, -0.05) is 12.1 Å². The number of benzene rings is 1. The number of nitrogens with one attached hydrogen (secondary N) is 3. The molecule has 0 bridgehead atoms. The van der Waals surface area contributed by atoms with E-state index in [0.717, 1.165) is 0 Å². The lowest BCUT2D eigenvalue weighted by molar-refractivity contribution is -0.114. The quantitative estimate of drug-likeness (QED) is 0.766. The first-order valence-electron chi connectivity index (χ1n) is 5.34. The molecule has 0 saturated carbocycles. The Morgan fingerprint density at radius 3 is 2.61 bits per heavy atom. The first kappa shape index (κ1) is 11.8. The van der Waals surface area contributed by atoms with Crippen LogP contribution in [-0.4, -0.2) is 22.0 Å². The first-order chi connectivity index (χ1) is 8.66. The fourth-order valence-electron chi connectivity index (χ4n) is 1.49. The summed E-state index contributed by atoms with van der Waals surface area (Å²) in [5.41, 5.74) is 0.855. The van der Waals surface area contributed by atoms with Crippen LogP contribution in [0.1, 0.15) is 17.3 Å². The van der Waals surface area contributed by atoms with Gasteiger partial charge in [-0.3, -0.25) is 14.7 Å². The molecule has 6 heteroatoms. The summed E-state index contributed by atoms with van der Waals surface area (Å²) < 4.78 is 0. The zero-order chi connectivity index (χ0) is 13.0. The summed E-state index contributed by atoms with van der Waals surface area (Å²) in [6.07, 6.45) is 1.61. The molecule has 0 saturated heterocycles. The maximum absolute atomic E-state index is 12.0. The van der Waals surface area contributed by atoms with Crippen LogP contribution in [0.15, 0.2) is 36.5 Å². The molecule has 0 fully saturated rings. The van der Waals surface area contributed by atoms with E-state index in [2.05, 4.69) is 20.8 Å². The van der Waals surface area contributed by atoms with Crippen LogP contribution in [-0.2, 0) is 4.79 Å². The van der Waals surface area contributed by atoms with Gasteiger partial charge in [0.05, 0.1) is 11.3 Å². The molecule has 1 aromatic carbocycles. The SMILES string of the molecule is CC(=O)Nc1ccccc1C(=O)Nc1cc[nH]n1. The van der Waals surface area contributed by atoms with Gasteiger partial charge < -0.3 is 10.6 Å². The molecule has 0 radical (unpaired) electrons. The van der Waals surface area contributed by atoms with Crippen molar-refractivity contribution in [1.82, 2.24) is 10.2 Å². The minimum Gasteiger partial charge on any atom is -0.326 e. The Labute approximate surface area is 103 Å². The lowest BCUT2D eigenvalue weighted by Gasteiger charge is -2.08. The molecule has 0 aliphatic rings. The van der Waals surface area contributed by atoms with Crippen LogP contribution in [0.4, 0.5) is 11.5 Å². The second kappa shape index (κ2) is 5.13. The average molecular weight is 244 g/mol. The number of amides is 2. The molecule has 2 amide bonds. The number of aromatic amines is 1. The van der Waals surface area contributed by atoms with Crippen molar-refractivity contribution in [3.8, 4) is 0 Å². The van der Waals surface area contributed by atoms with Crippen molar-refractivity contribution in [2.75, 3.05) is 10.6 Å². The van der Waals surface area contributed by atoms with E-state index >= 15 is 0 Å². The highest BCUT2D eigenvalue weighted by atomic mass is 16.2. The smallest absolute Gasteiger partial charge is 0.258 e. The zero-order valence-electron chi connectivity index (χ0n) is 9.73. The summed E-state index contributed by atoms with van der Waals surface area (Å²) in [6, 6.07) is 8.41. The van der Waals surface area contributed by atoms with Gasteiger partial charge in [-0.2, -0.15) is 5.10 Å². The number of H-pyrrole nitrogens is 1. The fourth-order valence-corrected chi connectivity index (χ4v) is 1.49. The number of hydrogen-bond acceptors (Lipinski definition) is 3. The second-order valence-electron chi connectivity index (χ2n) is 3.64. The number of aromatic nitrogens is 2. The highest BCUT2D eigenvalue weighted by Crippen LogP contribution is 2.16. The van der Waals surface area contributed by atoms with Gasteiger partial charge in [-0.25, -0.2) is 0 Å². The average Bonchev–Trinajstić information content (AvgIpc) is 2.81. The molecular formula is C12H12N4O2. The van der Waals surface area contributed by atoms with Crippen molar-refractivity contribution >= 4 is 23.3 Å². The second-order valence-corrected chi connectivity index (χ2v) is 3.64. The van der Waals surface area contributed by atoms with E-state index < -0.39 is 0 Å². The number of nitrogens with zero attached hydrogens (tertiary/aromatic N) is 1. The predicted octanol–water partition coefficient (Wildman–Crippen LogP) is 1.62. The summed E-state index contributed by atoms with van der Waals surface area (Å²) in [6.45, 7) is 1.39. The van der Waals surface area contributed by atoms with Gasteiger partial charge in [0, 0.05) is 19.2 Å². The first-order valence-corrected chi connectivity index (χ1v) is 5.34. The molecule has 1 heterocycles. The summed E-state index contributed by atoms with van der Waals surface area (Å²) in [7, 11) is 0. The molecule has 6 nitrogen and oxygen atoms in total. The highest BCUT2D eigenvalue weighted by Gasteiger charge is 2.12. The molecule has 0 aliphatic carbocycles. The molecule has 1 aromatic heterocycles. The van der Waals surface area contributed by atoms with Crippen LogP contribution < -0.4 is 10.6 Å². The van der Waals surface area contributed by atoms with Crippen molar-refractivity contribution < 1.29 is 9.59 Å². The largest absolute Gasteiger partial charge is 0.326 e. The van der Waals surface area contributed by atoms with Crippen LogP contribution in [0.3, 0.4) is 0 Å². The molecule has 2 rings (SSSR count). The summed E-state index contributed by atoms with van der Waals surface area (Å²) >= 11 is 0. The summed E-state index contributed by atoms with van der Waals surface area (Å²) in [4.78, 5) is 23.0. The zero-order valence-corrected chi connectivity index (χ0v) is 9.73.